The Balaban J connectivity index is 1.59. The second-order valence-corrected chi connectivity index (χ2v) is 6.48. The normalized spacial score (nSPS) is 15.3. The molecule has 0 saturated carbocycles. The zero-order valence-corrected chi connectivity index (χ0v) is 16.1. The van der Waals surface area contributed by atoms with E-state index in [2.05, 4.69) is 10.6 Å². The van der Waals surface area contributed by atoms with Gasteiger partial charge in [0.25, 0.3) is 17.7 Å². The van der Waals surface area contributed by atoms with Gasteiger partial charge in [-0.25, -0.2) is 4.39 Å². The molecule has 1 fully saturated rings. The van der Waals surface area contributed by atoms with E-state index in [1.807, 2.05) is 0 Å². The molecule has 1 aliphatic heterocycles. The van der Waals surface area contributed by atoms with Crippen molar-refractivity contribution in [2.24, 2.45) is 0 Å². The van der Waals surface area contributed by atoms with Crippen LogP contribution in [0.15, 0.2) is 54.1 Å². The third-order valence-corrected chi connectivity index (χ3v) is 4.37. The predicted molar refractivity (Wildman–Crippen MR) is 108 cm³/mol. The minimum atomic E-state index is -0.559. The van der Waals surface area contributed by atoms with Crippen LogP contribution < -0.4 is 15.4 Å². The van der Waals surface area contributed by atoms with Crippen molar-refractivity contribution in [3.63, 3.8) is 0 Å². The van der Waals surface area contributed by atoms with Gasteiger partial charge in [-0.05, 0) is 60.3 Å². The van der Waals surface area contributed by atoms with Crippen molar-refractivity contribution >= 4 is 46.8 Å². The number of ether oxygens (including phenoxy) is 1. The van der Waals surface area contributed by atoms with Gasteiger partial charge in [-0.1, -0.05) is 12.1 Å². The van der Waals surface area contributed by atoms with Crippen molar-refractivity contribution in [3.05, 3.63) is 65.5 Å². The van der Waals surface area contributed by atoms with Crippen LogP contribution in [-0.4, -0.2) is 41.4 Å². The van der Waals surface area contributed by atoms with E-state index in [1.54, 1.807) is 24.3 Å². The van der Waals surface area contributed by atoms with Gasteiger partial charge in [0.1, 0.15) is 17.1 Å². The van der Waals surface area contributed by atoms with Crippen LogP contribution in [-0.2, 0) is 14.4 Å². The van der Waals surface area contributed by atoms with Gasteiger partial charge in [-0.15, -0.1) is 0 Å². The van der Waals surface area contributed by atoms with Gasteiger partial charge in [0, 0.05) is 12.7 Å². The molecule has 1 heterocycles. The maximum absolute atomic E-state index is 12.9. The van der Waals surface area contributed by atoms with Gasteiger partial charge >= 0.3 is 0 Å². The smallest absolute Gasteiger partial charge is 0.265 e. The molecule has 148 valence electrons. The van der Waals surface area contributed by atoms with Crippen LogP contribution >= 0.6 is 12.2 Å². The monoisotopic (exact) mass is 413 g/mol. The van der Waals surface area contributed by atoms with Crippen LogP contribution in [0.25, 0.3) is 6.08 Å². The summed E-state index contributed by atoms with van der Waals surface area (Å²) < 4.78 is 18.3. The molecule has 1 saturated heterocycles. The summed E-state index contributed by atoms with van der Waals surface area (Å²) in [5, 5.41) is 5.08. The second kappa shape index (κ2) is 8.61. The van der Waals surface area contributed by atoms with Gasteiger partial charge in [-0.3, -0.25) is 24.6 Å². The average Bonchev–Trinajstić information content (AvgIpc) is 2.70. The number of halogens is 1. The van der Waals surface area contributed by atoms with E-state index in [9.17, 15) is 18.8 Å². The molecule has 2 N–H and O–H groups in total. The van der Waals surface area contributed by atoms with Crippen molar-refractivity contribution in [2.45, 2.75) is 0 Å². The molecule has 0 spiro atoms. The van der Waals surface area contributed by atoms with Gasteiger partial charge in [-0.2, -0.15) is 0 Å². The van der Waals surface area contributed by atoms with Crippen LogP contribution in [0.5, 0.6) is 5.75 Å². The van der Waals surface area contributed by atoms with Gasteiger partial charge < -0.3 is 10.1 Å². The molecule has 3 rings (SSSR count). The molecule has 0 aromatic heterocycles. The van der Waals surface area contributed by atoms with Crippen molar-refractivity contribution in [1.29, 1.82) is 0 Å². The molecule has 0 unspecified atom stereocenters. The maximum Gasteiger partial charge on any atom is 0.265 e. The third-order valence-electron chi connectivity index (χ3n) is 3.99. The highest BCUT2D eigenvalue weighted by Crippen LogP contribution is 2.17. The van der Waals surface area contributed by atoms with Crippen LogP contribution in [0.1, 0.15) is 5.56 Å². The maximum atomic E-state index is 12.9. The molecular formula is C20H16FN3O4S. The van der Waals surface area contributed by atoms with Crippen LogP contribution in [0.4, 0.5) is 10.1 Å². The molecule has 0 atom stereocenters. The van der Waals surface area contributed by atoms with Gasteiger partial charge in [0.05, 0.1) is 0 Å². The first-order chi connectivity index (χ1) is 13.8. The number of likely N-dealkylation sites (N-methyl/N-ethyl adjacent to an activating group) is 1. The summed E-state index contributed by atoms with van der Waals surface area (Å²) in [4.78, 5) is 37.2. The van der Waals surface area contributed by atoms with Crippen molar-refractivity contribution in [2.75, 3.05) is 19.0 Å². The highest BCUT2D eigenvalue weighted by molar-refractivity contribution is 7.80. The molecule has 2 aromatic carbocycles. The zero-order valence-electron chi connectivity index (χ0n) is 15.3. The Morgan fingerprint density at radius 2 is 1.83 bits per heavy atom. The number of nitrogens with zero attached hydrogens (tertiary/aromatic N) is 1. The molecule has 9 heteroatoms. The highest BCUT2D eigenvalue weighted by Gasteiger charge is 2.30. The number of carbonyl (C=O) groups is 3. The first kappa shape index (κ1) is 20.2. The molecule has 29 heavy (non-hydrogen) atoms. The van der Waals surface area contributed by atoms with Crippen molar-refractivity contribution < 1.29 is 23.5 Å². The summed E-state index contributed by atoms with van der Waals surface area (Å²) in [6.45, 7) is -0.235. The van der Waals surface area contributed by atoms with E-state index >= 15 is 0 Å². The van der Waals surface area contributed by atoms with Crippen molar-refractivity contribution in [3.8, 4) is 5.75 Å². The quantitative estimate of drug-likeness (QED) is 0.445. The number of hydrogen-bond donors (Lipinski definition) is 2. The number of rotatable bonds is 5. The Bertz CT molecular complexity index is 1000. The highest BCUT2D eigenvalue weighted by atomic mass is 32.1. The van der Waals surface area contributed by atoms with Gasteiger partial charge in [0.2, 0.25) is 0 Å². The summed E-state index contributed by atoms with van der Waals surface area (Å²) in [7, 11) is 1.48. The van der Waals surface area contributed by atoms with E-state index in [0.29, 0.717) is 17.0 Å². The lowest BCUT2D eigenvalue weighted by molar-refractivity contribution is -0.128. The lowest BCUT2D eigenvalue weighted by Crippen LogP contribution is -2.52. The Morgan fingerprint density at radius 1 is 1.17 bits per heavy atom. The molecule has 1 aliphatic rings. The number of anilines is 1. The van der Waals surface area contributed by atoms with Gasteiger partial charge in [0.15, 0.2) is 11.7 Å². The predicted octanol–water partition coefficient (Wildman–Crippen LogP) is 2.10. The Morgan fingerprint density at radius 3 is 2.48 bits per heavy atom. The van der Waals surface area contributed by atoms with Crippen LogP contribution in [0, 0.1) is 5.82 Å². The molecule has 0 bridgehead atoms. The molecule has 7 nitrogen and oxygen atoms in total. The van der Waals surface area contributed by atoms with E-state index < -0.39 is 23.5 Å². The molecular weight excluding hydrogens is 397 g/mol. The first-order valence-electron chi connectivity index (χ1n) is 8.47. The summed E-state index contributed by atoms with van der Waals surface area (Å²) in [6, 6.07) is 11.9. The minimum absolute atomic E-state index is 0.0338. The minimum Gasteiger partial charge on any atom is -0.484 e. The number of thiocarbonyl (C=S) groups is 1. The fraction of sp³-hybridized carbons (Fsp3) is 0.100. The molecule has 3 amide bonds. The fourth-order valence-corrected chi connectivity index (χ4v) is 2.63. The molecule has 0 aliphatic carbocycles. The fourth-order valence-electron chi connectivity index (χ4n) is 2.45. The summed E-state index contributed by atoms with van der Waals surface area (Å²) in [5.41, 5.74) is 1.03. The zero-order chi connectivity index (χ0) is 21.0. The third kappa shape index (κ3) is 5.02. The molecule has 2 aromatic rings. The van der Waals surface area contributed by atoms with E-state index in [0.717, 1.165) is 0 Å². The molecule has 0 radical (unpaired) electrons. The van der Waals surface area contributed by atoms with Crippen LogP contribution in [0.2, 0.25) is 0 Å². The SMILES string of the molecule is CN1C(=O)C(=Cc2ccc(OCC(=O)Nc3ccc(F)cc3)cc2)C(=O)NC1=S. The number of benzene rings is 2. The van der Waals surface area contributed by atoms with E-state index in [-0.39, 0.29) is 17.3 Å². The summed E-state index contributed by atoms with van der Waals surface area (Å²) >= 11 is 4.89. The lowest BCUT2D eigenvalue weighted by atomic mass is 10.1. The van der Waals surface area contributed by atoms with Crippen LogP contribution in [0.3, 0.4) is 0 Å². The van der Waals surface area contributed by atoms with E-state index in [4.69, 9.17) is 17.0 Å². The number of nitrogens with one attached hydrogen (secondary N) is 2. The Hall–Kier alpha value is -3.59. The largest absolute Gasteiger partial charge is 0.484 e. The number of amides is 3. The standard InChI is InChI=1S/C20H16FN3O4S/c1-24-19(27)16(18(26)23-20(24)29)10-12-2-8-15(9-3-12)28-11-17(25)22-14-6-4-13(21)5-7-14/h2-10H,11H2,1H3,(H,22,25)(H,23,26,29). The van der Waals surface area contributed by atoms with E-state index in [1.165, 1.54) is 42.3 Å². The average molecular weight is 413 g/mol. The second-order valence-electron chi connectivity index (χ2n) is 6.09. The van der Waals surface area contributed by atoms with Crippen molar-refractivity contribution in [1.82, 2.24) is 10.2 Å². The Labute approximate surface area is 171 Å². The number of carbonyl (C=O) groups excluding carboxylic acids is 3. The topological polar surface area (TPSA) is 87.7 Å². The lowest BCUT2D eigenvalue weighted by Gasteiger charge is -2.25. The summed E-state index contributed by atoms with van der Waals surface area (Å²) in [6.07, 6.45) is 1.45. The summed E-state index contributed by atoms with van der Waals surface area (Å²) in [5.74, 6) is -1.41. The Kier molecular flexibility index (Phi) is 5.99. The first-order valence-corrected chi connectivity index (χ1v) is 8.87. The number of hydrogen-bond acceptors (Lipinski definition) is 5.